The third kappa shape index (κ3) is 4.79. The van der Waals surface area contributed by atoms with Gasteiger partial charge >= 0.3 is 0 Å². The normalized spacial score (nSPS) is 19.2. The Hall–Kier alpha value is -1.47. The van der Waals surface area contributed by atoms with Crippen molar-refractivity contribution in [1.29, 1.82) is 0 Å². The van der Waals surface area contributed by atoms with Gasteiger partial charge in [-0.15, -0.1) is 11.3 Å². The van der Waals surface area contributed by atoms with Gasteiger partial charge in [-0.3, -0.25) is 9.80 Å². The first kappa shape index (κ1) is 18.3. The highest BCUT2D eigenvalue weighted by molar-refractivity contribution is 7.09. The molecule has 0 radical (unpaired) electrons. The van der Waals surface area contributed by atoms with Crippen LogP contribution in [-0.2, 0) is 13.1 Å². The van der Waals surface area contributed by atoms with E-state index in [9.17, 15) is 9.50 Å². The van der Waals surface area contributed by atoms with Crippen molar-refractivity contribution < 1.29 is 14.2 Å². The molecule has 0 aliphatic carbocycles. The third-order valence-electron chi connectivity index (χ3n) is 4.71. The number of hydrogen-bond acceptors (Lipinski definition) is 5. The Balaban J connectivity index is 1.63. The van der Waals surface area contributed by atoms with Crippen LogP contribution in [0.4, 0.5) is 4.39 Å². The van der Waals surface area contributed by atoms with Crippen LogP contribution in [0.1, 0.15) is 16.9 Å². The van der Waals surface area contributed by atoms with Crippen molar-refractivity contribution in [2.24, 2.45) is 0 Å². The maximum Gasteiger partial charge on any atom is 0.165 e. The maximum absolute atomic E-state index is 13.6. The number of ether oxygens (including phenoxy) is 1. The molecule has 25 heavy (non-hydrogen) atoms. The van der Waals surface area contributed by atoms with Crippen LogP contribution in [0.2, 0.25) is 0 Å². The Morgan fingerprint density at radius 2 is 2.16 bits per heavy atom. The second-order valence-corrected chi connectivity index (χ2v) is 7.45. The molecule has 3 rings (SSSR count). The van der Waals surface area contributed by atoms with Crippen molar-refractivity contribution in [2.45, 2.75) is 25.6 Å². The van der Waals surface area contributed by atoms with Gasteiger partial charge in [-0.1, -0.05) is 12.1 Å². The standard InChI is InChI=1S/C19H25FN2O2S/c1-24-19-11-15(4-5-18(19)20)12-21-7-8-22(16(13-21)6-9-23)14-17-3-2-10-25-17/h2-5,10-11,16,23H,6-9,12-14H2,1H3/t16-/m1/s1. The lowest BCUT2D eigenvalue weighted by Crippen LogP contribution is -2.52. The van der Waals surface area contributed by atoms with Crippen LogP contribution in [0.15, 0.2) is 35.7 Å². The number of aliphatic hydroxyl groups is 1. The molecule has 0 unspecified atom stereocenters. The molecule has 2 aromatic rings. The number of thiophene rings is 1. The van der Waals surface area contributed by atoms with Crippen LogP contribution in [-0.4, -0.2) is 54.3 Å². The van der Waals surface area contributed by atoms with Crippen LogP contribution in [0.25, 0.3) is 0 Å². The summed E-state index contributed by atoms with van der Waals surface area (Å²) in [7, 11) is 1.49. The first-order valence-electron chi connectivity index (χ1n) is 8.61. The van der Waals surface area contributed by atoms with Crippen LogP contribution < -0.4 is 4.74 Å². The summed E-state index contributed by atoms with van der Waals surface area (Å²) in [6, 6.07) is 9.64. The van der Waals surface area contributed by atoms with Gasteiger partial charge in [0.1, 0.15) is 0 Å². The van der Waals surface area contributed by atoms with Crippen molar-refractivity contribution in [2.75, 3.05) is 33.4 Å². The fraction of sp³-hybridized carbons (Fsp3) is 0.474. The number of aliphatic hydroxyl groups excluding tert-OH is 1. The predicted molar refractivity (Wildman–Crippen MR) is 98.4 cm³/mol. The van der Waals surface area contributed by atoms with E-state index in [2.05, 4.69) is 27.3 Å². The topological polar surface area (TPSA) is 35.9 Å². The van der Waals surface area contributed by atoms with Crippen molar-refractivity contribution >= 4 is 11.3 Å². The minimum absolute atomic E-state index is 0.198. The number of nitrogens with zero attached hydrogens (tertiary/aromatic N) is 2. The molecule has 6 heteroatoms. The highest BCUT2D eigenvalue weighted by atomic mass is 32.1. The lowest BCUT2D eigenvalue weighted by Gasteiger charge is -2.41. The molecule has 1 atom stereocenters. The fourth-order valence-electron chi connectivity index (χ4n) is 3.40. The van der Waals surface area contributed by atoms with Crippen LogP contribution in [0.5, 0.6) is 5.75 Å². The van der Waals surface area contributed by atoms with E-state index in [1.807, 2.05) is 6.07 Å². The molecule has 1 fully saturated rings. The highest BCUT2D eigenvalue weighted by Crippen LogP contribution is 2.23. The monoisotopic (exact) mass is 364 g/mol. The lowest BCUT2D eigenvalue weighted by atomic mass is 10.1. The zero-order valence-electron chi connectivity index (χ0n) is 14.5. The second-order valence-electron chi connectivity index (χ2n) is 6.42. The minimum Gasteiger partial charge on any atom is -0.494 e. The van der Waals surface area contributed by atoms with Gasteiger partial charge in [0.2, 0.25) is 0 Å². The molecule has 1 saturated heterocycles. The van der Waals surface area contributed by atoms with E-state index in [0.29, 0.717) is 11.8 Å². The number of rotatable bonds is 7. The molecular formula is C19H25FN2O2S. The average Bonchev–Trinajstić information content (AvgIpc) is 3.12. The van der Waals surface area contributed by atoms with E-state index in [1.165, 1.54) is 18.1 Å². The predicted octanol–water partition coefficient (Wildman–Crippen LogP) is 2.96. The summed E-state index contributed by atoms with van der Waals surface area (Å²) in [6.07, 6.45) is 0.772. The number of piperazine rings is 1. The molecule has 4 nitrogen and oxygen atoms in total. The number of methoxy groups -OCH3 is 1. The van der Waals surface area contributed by atoms with E-state index in [1.54, 1.807) is 17.4 Å². The first-order valence-corrected chi connectivity index (χ1v) is 9.49. The summed E-state index contributed by atoms with van der Waals surface area (Å²) in [4.78, 5) is 6.20. The van der Waals surface area contributed by atoms with Gasteiger partial charge in [0, 0.05) is 50.2 Å². The summed E-state index contributed by atoms with van der Waals surface area (Å²) in [5.41, 5.74) is 1.05. The summed E-state index contributed by atoms with van der Waals surface area (Å²) in [5, 5.41) is 11.5. The Kier molecular flexibility index (Phi) is 6.42. The molecule has 1 aromatic heterocycles. The summed E-state index contributed by atoms with van der Waals surface area (Å²) in [5.74, 6) is -0.0362. The Bertz CT molecular complexity index is 665. The van der Waals surface area contributed by atoms with E-state index < -0.39 is 0 Å². The molecule has 0 spiro atoms. The summed E-state index contributed by atoms with van der Waals surface area (Å²) >= 11 is 1.78. The SMILES string of the molecule is COc1cc(CN2CCN(Cc3cccs3)[C@H](CCO)C2)ccc1F. The Morgan fingerprint density at radius 1 is 1.28 bits per heavy atom. The third-order valence-corrected chi connectivity index (χ3v) is 5.57. The van der Waals surface area contributed by atoms with Gasteiger partial charge in [0.05, 0.1) is 7.11 Å². The molecule has 136 valence electrons. The van der Waals surface area contributed by atoms with E-state index in [0.717, 1.165) is 44.7 Å². The molecule has 1 aliphatic heterocycles. The van der Waals surface area contributed by atoms with Crippen molar-refractivity contribution in [3.8, 4) is 5.75 Å². The van der Waals surface area contributed by atoms with Gasteiger partial charge in [-0.2, -0.15) is 0 Å². The van der Waals surface area contributed by atoms with Gasteiger partial charge in [-0.05, 0) is 35.6 Å². The van der Waals surface area contributed by atoms with Crippen LogP contribution in [0, 0.1) is 5.82 Å². The molecule has 1 aliphatic rings. The quantitative estimate of drug-likeness (QED) is 0.819. The fourth-order valence-corrected chi connectivity index (χ4v) is 4.12. The van der Waals surface area contributed by atoms with E-state index >= 15 is 0 Å². The molecule has 1 N–H and O–H groups in total. The molecule has 0 amide bonds. The average molecular weight is 364 g/mol. The zero-order chi connectivity index (χ0) is 17.6. The molecule has 0 bridgehead atoms. The zero-order valence-corrected chi connectivity index (χ0v) is 15.3. The Labute approximate surface area is 152 Å². The van der Waals surface area contributed by atoms with Gasteiger partial charge in [0.15, 0.2) is 11.6 Å². The van der Waals surface area contributed by atoms with Gasteiger partial charge in [0.25, 0.3) is 0 Å². The largest absolute Gasteiger partial charge is 0.494 e. The minimum atomic E-state index is -0.329. The van der Waals surface area contributed by atoms with Gasteiger partial charge < -0.3 is 9.84 Å². The Morgan fingerprint density at radius 3 is 2.88 bits per heavy atom. The lowest BCUT2D eigenvalue weighted by molar-refractivity contribution is 0.0506. The van der Waals surface area contributed by atoms with E-state index in [4.69, 9.17) is 4.74 Å². The maximum atomic E-state index is 13.6. The molecule has 2 heterocycles. The van der Waals surface area contributed by atoms with Crippen LogP contribution >= 0.6 is 11.3 Å². The summed E-state index contributed by atoms with van der Waals surface area (Å²) in [6.45, 7) is 4.76. The van der Waals surface area contributed by atoms with Gasteiger partial charge in [-0.25, -0.2) is 4.39 Å². The van der Waals surface area contributed by atoms with Crippen molar-refractivity contribution in [1.82, 2.24) is 9.80 Å². The number of benzene rings is 1. The number of halogens is 1. The smallest absolute Gasteiger partial charge is 0.165 e. The van der Waals surface area contributed by atoms with Crippen LogP contribution in [0.3, 0.4) is 0 Å². The molecular weight excluding hydrogens is 339 g/mol. The summed E-state index contributed by atoms with van der Waals surface area (Å²) < 4.78 is 18.6. The van der Waals surface area contributed by atoms with Crippen molar-refractivity contribution in [3.63, 3.8) is 0 Å². The van der Waals surface area contributed by atoms with Crippen molar-refractivity contribution in [3.05, 3.63) is 52.0 Å². The molecule has 0 saturated carbocycles. The molecule has 1 aromatic carbocycles. The second kappa shape index (κ2) is 8.76. The van der Waals surface area contributed by atoms with E-state index in [-0.39, 0.29) is 12.4 Å². The highest BCUT2D eigenvalue weighted by Gasteiger charge is 2.27. The first-order chi connectivity index (χ1) is 12.2. The number of hydrogen-bond donors (Lipinski definition) is 1.